The van der Waals surface area contributed by atoms with Crippen LogP contribution in [0.3, 0.4) is 0 Å². The monoisotopic (exact) mass is 264 g/mol. The molecule has 0 saturated carbocycles. The van der Waals surface area contributed by atoms with Crippen molar-refractivity contribution in [2.24, 2.45) is 0 Å². The highest BCUT2D eigenvalue weighted by Gasteiger charge is 2.13. The number of para-hydroxylation sites is 1. The standard InChI is InChI=1S/C15H24N2O2/c1-3-13(9-10-18)16-12(2)11-15(19)17-14-7-5-4-6-8-14/h4-8,12-13,16,18H,3,9-11H2,1-2H3,(H,17,19). The zero-order valence-corrected chi connectivity index (χ0v) is 11.7. The van der Waals surface area contributed by atoms with E-state index in [1.807, 2.05) is 37.3 Å². The smallest absolute Gasteiger partial charge is 0.225 e. The van der Waals surface area contributed by atoms with Gasteiger partial charge in [-0.1, -0.05) is 25.1 Å². The van der Waals surface area contributed by atoms with E-state index in [0.29, 0.717) is 6.42 Å². The highest BCUT2D eigenvalue weighted by atomic mass is 16.3. The first-order valence-electron chi connectivity index (χ1n) is 6.87. The van der Waals surface area contributed by atoms with Gasteiger partial charge in [0.15, 0.2) is 0 Å². The first-order valence-corrected chi connectivity index (χ1v) is 6.87. The number of nitrogens with one attached hydrogen (secondary N) is 2. The van der Waals surface area contributed by atoms with Crippen LogP contribution < -0.4 is 10.6 Å². The maximum Gasteiger partial charge on any atom is 0.225 e. The molecule has 0 aliphatic rings. The molecule has 0 aliphatic carbocycles. The molecule has 106 valence electrons. The van der Waals surface area contributed by atoms with Crippen molar-refractivity contribution in [1.82, 2.24) is 5.32 Å². The van der Waals surface area contributed by atoms with Crippen LogP contribution in [0.15, 0.2) is 30.3 Å². The molecule has 1 aromatic carbocycles. The minimum atomic E-state index is 0.00468. The predicted octanol–water partition coefficient (Wildman–Crippen LogP) is 2.15. The van der Waals surface area contributed by atoms with Crippen molar-refractivity contribution in [1.29, 1.82) is 0 Å². The number of aliphatic hydroxyl groups excluding tert-OH is 1. The summed E-state index contributed by atoms with van der Waals surface area (Å²) in [7, 11) is 0. The molecule has 0 fully saturated rings. The first-order chi connectivity index (χ1) is 9.15. The molecule has 0 aromatic heterocycles. The number of carbonyl (C=O) groups excluding carboxylic acids is 1. The fourth-order valence-electron chi connectivity index (χ4n) is 2.03. The van der Waals surface area contributed by atoms with E-state index in [2.05, 4.69) is 17.6 Å². The summed E-state index contributed by atoms with van der Waals surface area (Å²) in [5.41, 5.74) is 0.821. The minimum Gasteiger partial charge on any atom is -0.396 e. The predicted molar refractivity (Wildman–Crippen MR) is 78.1 cm³/mol. The normalized spacial score (nSPS) is 13.8. The molecule has 19 heavy (non-hydrogen) atoms. The second kappa shape index (κ2) is 8.67. The number of hydrogen-bond acceptors (Lipinski definition) is 3. The van der Waals surface area contributed by atoms with Gasteiger partial charge in [-0.2, -0.15) is 0 Å². The maximum absolute atomic E-state index is 11.9. The third kappa shape index (κ3) is 6.36. The molecule has 0 heterocycles. The molecule has 1 rings (SSSR count). The third-order valence-electron chi connectivity index (χ3n) is 3.04. The molecular weight excluding hydrogens is 240 g/mol. The van der Waals surface area contributed by atoms with Crippen LogP contribution in [-0.2, 0) is 4.79 Å². The Bertz CT molecular complexity index is 368. The lowest BCUT2D eigenvalue weighted by Crippen LogP contribution is -2.38. The van der Waals surface area contributed by atoms with Gasteiger partial charge in [-0.3, -0.25) is 4.79 Å². The van der Waals surface area contributed by atoms with E-state index < -0.39 is 0 Å². The van der Waals surface area contributed by atoms with Crippen LogP contribution in [0.4, 0.5) is 5.69 Å². The van der Waals surface area contributed by atoms with Crippen LogP contribution >= 0.6 is 0 Å². The van der Waals surface area contributed by atoms with E-state index in [9.17, 15) is 4.79 Å². The molecule has 0 saturated heterocycles. The van der Waals surface area contributed by atoms with Crippen molar-refractivity contribution in [2.75, 3.05) is 11.9 Å². The highest BCUT2D eigenvalue weighted by molar-refractivity contribution is 5.90. The Morgan fingerprint density at radius 3 is 2.58 bits per heavy atom. The number of aliphatic hydroxyl groups is 1. The van der Waals surface area contributed by atoms with Crippen molar-refractivity contribution in [3.05, 3.63) is 30.3 Å². The number of hydrogen-bond donors (Lipinski definition) is 3. The Morgan fingerprint density at radius 2 is 2.00 bits per heavy atom. The Morgan fingerprint density at radius 1 is 1.32 bits per heavy atom. The summed E-state index contributed by atoms with van der Waals surface area (Å²) in [5, 5.41) is 15.2. The van der Waals surface area contributed by atoms with Gasteiger partial charge in [-0.05, 0) is 31.9 Å². The van der Waals surface area contributed by atoms with Gasteiger partial charge in [0.2, 0.25) is 5.91 Å². The van der Waals surface area contributed by atoms with E-state index in [-0.39, 0.29) is 24.6 Å². The van der Waals surface area contributed by atoms with Gasteiger partial charge in [0.1, 0.15) is 0 Å². The molecule has 0 spiro atoms. The van der Waals surface area contributed by atoms with Crippen molar-refractivity contribution >= 4 is 11.6 Å². The lowest BCUT2D eigenvalue weighted by molar-refractivity contribution is -0.116. The molecular formula is C15H24N2O2. The average Bonchev–Trinajstić information content (AvgIpc) is 2.39. The zero-order valence-electron chi connectivity index (χ0n) is 11.7. The summed E-state index contributed by atoms with van der Waals surface area (Å²) in [6, 6.07) is 9.81. The molecule has 1 aromatic rings. The van der Waals surface area contributed by atoms with E-state index >= 15 is 0 Å². The largest absolute Gasteiger partial charge is 0.396 e. The van der Waals surface area contributed by atoms with Crippen molar-refractivity contribution in [2.45, 2.75) is 45.2 Å². The van der Waals surface area contributed by atoms with E-state index in [0.717, 1.165) is 18.5 Å². The quantitative estimate of drug-likeness (QED) is 0.674. The summed E-state index contributed by atoms with van der Waals surface area (Å²) >= 11 is 0. The summed E-state index contributed by atoms with van der Waals surface area (Å²) < 4.78 is 0. The first kappa shape index (κ1) is 15.7. The van der Waals surface area contributed by atoms with Gasteiger partial charge in [0.25, 0.3) is 0 Å². The third-order valence-corrected chi connectivity index (χ3v) is 3.04. The molecule has 0 radical (unpaired) electrons. The number of anilines is 1. The molecule has 4 nitrogen and oxygen atoms in total. The summed E-state index contributed by atoms with van der Waals surface area (Å²) in [6.45, 7) is 4.24. The van der Waals surface area contributed by atoms with E-state index in [4.69, 9.17) is 5.11 Å². The highest BCUT2D eigenvalue weighted by Crippen LogP contribution is 2.07. The zero-order chi connectivity index (χ0) is 14.1. The van der Waals surface area contributed by atoms with Crippen LogP contribution in [0.2, 0.25) is 0 Å². The summed E-state index contributed by atoms with van der Waals surface area (Å²) in [6.07, 6.45) is 2.10. The second-order valence-electron chi connectivity index (χ2n) is 4.80. The Labute approximate surface area is 115 Å². The number of rotatable bonds is 8. The molecule has 0 aliphatic heterocycles. The second-order valence-corrected chi connectivity index (χ2v) is 4.80. The van der Waals surface area contributed by atoms with Crippen molar-refractivity contribution < 1.29 is 9.90 Å². The van der Waals surface area contributed by atoms with Gasteiger partial charge in [0.05, 0.1) is 0 Å². The Kier molecular flexibility index (Phi) is 7.15. The number of carbonyl (C=O) groups is 1. The molecule has 3 N–H and O–H groups in total. The van der Waals surface area contributed by atoms with Crippen molar-refractivity contribution in [3.8, 4) is 0 Å². The minimum absolute atomic E-state index is 0.00468. The molecule has 2 unspecified atom stereocenters. The topological polar surface area (TPSA) is 61.4 Å². The van der Waals surface area contributed by atoms with E-state index in [1.165, 1.54) is 0 Å². The molecule has 0 bridgehead atoms. The van der Waals surface area contributed by atoms with Gasteiger partial charge < -0.3 is 15.7 Å². The lowest BCUT2D eigenvalue weighted by atomic mass is 10.1. The molecule has 1 amide bonds. The van der Waals surface area contributed by atoms with Crippen LogP contribution in [0.5, 0.6) is 0 Å². The fourth-order valence-corrected chi connectivity index (χ4v) is 2.03. The maximum atomic E-state index is 11.9. The summed E-state index contributed by atoms with van der Waals surface area (Å²) in [4.78, 5) is 11.9. The average molecular weight is 264 g/mol. The van der Waals surface area contributed by atoms with Crippen LogP contribution in [-0.4, -0.2) is 29.7 Å². The molecule has 4 heteroatoms. The fraction of sp³-hybridized carbons (Fsp3) is 0.533. The van der Waals surface area contributed by atoms with Crippen LogP contribution in [0, 0.1) is 0 Å². The van der Waals surface area contributed by atoms with Gasteiger partial charge in [-0.25, -0.2) is 0 Å². The van der Waals surface area contributed by atoms with E-state index in [1.54, 1.807) is 0 Å². The van der Waals surface area contributed by atoms with Gasteiger partial charge >= 0.3 is 0 Å². The van der Waals surface area contributed by atoms with Gasteiger partial charge in [-0.15, -0.1) is 0 Å². The Balaban J connectivity index is 2.35. The lowest BCUT2D eigenvalue weighted by Gasteiger charge is -2.21. The molecule has 2 atom stereocenters. The van der Waals surface area contributed by atoms with Crippen LogP contribution in [0.25, 0.3) is 0 Å². The SMILES string of the molecule is CCC(CCO)NC(C)CC(=O)Nc1ccccc1. The summed E-state index contributed by atoms with van der Waals surface area (Å²) in [5.74, 6) is 0.00468. The number of amides is 1. The van der Waals surface area contributed by atoms with Crippen molar-refractivity contribution in [3.63, 3.8) is 0 Å². The van der Waals surface area contributed by atoms with Gasteiger partial charge in [0, 0.05) is 30.8 Å². The number of benzene rings is 1. The van der Waals surface area contributed by atoms with Crippen LogP contribution in [0.1, 0.15) is 33.1 Å². The Hall–Kier alpha value is -1.39.